The van der Waals surface area contributed by atoms with Crippen molar-refractivity contribution in [2.24, 2.45) is 0 Å². The Balaban J connectivity index is 1.38. The third-order valence-electron chi connectivity index (χ3n) is 4.13. The fourth-order valence-electron chi connectivity index (χ4n) is 2.74. The van der Waals surface area contributed by atoms with Crippen molar-refractivity contribution in [1.82, 2.24) is 20.2 Å². The number of nitrogens with zero attached hydrogens (tertiary/aromatic N) is 4. The van der Waals surface area contributed by atoms with E-state index < -0.39 is 5.97 Å². The highest BCUT2D eigenvalue weighted by Crippen LogP contribution is 2.32. The minimum Gasteiger partial charge on any atom is -0.486 e. The number of hydrogen-bond donors (Lipinski definition) is 1. The highest BCUT2D eigenvalue weighted by molar-refractivity contribution is 7.99. The predicted molar refractivity (Wildman–Crippen MR) is 107 cm³/mol. The number of carbonyl (C=O) groups is 2. The number of rotatable bonds is 6. The van der Waals surface area contributed by atoms with Crippen LogP contribution < -0.4 is 14.8 Å². The number of anilines is 1. The number of methoxy groups -OCH3 is 1. The Labute approximate surface area is 175 Å². The van der Waals surface area contributed by atoms with Crippen LogP contribution >= 0.6 is 11.8 Å². The first-order valence-electron chi connectivity index (χ1n) is 8.93. The molecular formula is C19H17N5O5S. The van der Waals surface area contributed by atoms with Crippen LogP contribution in [0.15, 0.2) is 47.6 Å². The average Bonchev–Trinajstić information content (AvgIpc) is 3.26. The number of nitrogens with one attached hydrogen (secondary N) is 1. The van der Waals surface area contributed by atoms with E-state index in [9.17, 15) is 9.59 Å². The average molecular weight is 427 g/mol. The van der Waals surface area contributed by atoms with Crippen LogP contribution in [0, 0.1) is 0 Å². The topological polar surface area (TPSA) is 117 Å². The SMILES string of the molecule is COC(=O)c1ccc(-n2nnnc2SCC(=O)Nc2ccc3c(c2)OCCO3)cc1. The number of carbonyl (C=O) groups excluding carboxylic acids is 2. The van der Waals surface area contributed by atoms with Gasteiger partial charge in [-0.2, -0.15) is 4.68 Å². The van der Waals surface area contributed by atoms with Gasteiger partial charge in [0.2, 0.25) is 11.1 Å². The third-order valence-corrected chi connectivity index (χ3v) is 5.05. The molecule has 2 aromatic carbocycles. The Hall–Kier alpha value is -3.60. The molecule has 0 aliphatic carbocycles. The van der Waals surface area contributed by atoms with Gasteiger partial charge in [0.1, 0.15) is 13.2 Å². The van der Waals surface area contributed by atoms with Crippen LogP contribution in [-0.4, -0.2) is 58.2 Å². The fourth-order valence-corrected chi connectivity index (χ4v) is 3.43. The molecule has 0 spiro atoms. The molecule has 1 aliphatic rings. The zero-order chi connectivity index (χ0) is 20.9. The van der Waals surface area contributed by atoms with Crippen molar-refractivity contribution in [2.75, 3.05) is 31.4 Å². The van der Waals surface area contributed by atoms with Crippen LogP contribution in [0.25, 0.3) is 5.69 Å². The Kier molecular flexibility index (Phi) is 5.80. The standard InChI is InChI=1S/C19H17N5O5S/c1-27-18(26)12-2-5-14(6-3-12)24-19(21-22-23-24)30-11-17(25)20-13-4-7-15-16(10-13)29-9-8-28-15/h2-7,10H,8-9,11H2,1H3,(H,20,25). The largest absolute Gasteiger partial charge is 0.486 e. The van der Waals surface area contributed by atoms with Gasteiger partial charge in [-0.15, -0.1) is 5.10 Å². The second-order valence-electron chi connectivity index (χ2n) is 6.11. The van der Waals surface area contributed by atoms with Crippen LogP contribution in [0.5, 0.6) is 11.5 Å². The normalized spacial score (nSPS) is 12.3. The van der Waals surface area contributed by atoms with Crippen LogP contribution in [0.1, 0.15) is 10.4 Å². The quantitative estimate of drug-likeness (QED) is 0.465. The van der Waals surface area contributed by atoms with Gasteiger partial charge in [-0.05, 0) is 46.8 Å². The summed E-state index contributed by atoms with van der Waals surface area (Å²) in [7, 11) is 1.32. The first-order chi connectivity index (χ1) is 14.6. The molecule has 11 heteroatoms. The monoisotopic (exact) mass is 427 g/mol. The van der Waals surface area contributed by atoms with Gasteiger partial charge in [-0.1, -0.05) is 11.8 Å². The van der Waals surface area contributed by atoms with Crippen molar-refractivity contribution in [3.63, 3.8) is 0 Å². The third kappa shape index (κ3) is 4.35. The minimum absolute atomic E-state index is 0.106. The lowest BCUT2D eigenvalue weighted by Crippen LogP contribution is -2.17. The molecular weight excluding hydrogens is 410 g/mol. The summed E-state index contributed by atoms with van der Waals surface area (Å²) in [5.41, 5.74) is 1.69. The summed E-state index contributed by atoms with van der Waals surface area (Å²) >= 11 is 1.19. The Bertz CT molecular complexity index is 1070. The molecule has 1 aromatic heterocycles. The number of amides is 1. The molecule has 1 amide bonds. The molecule has 1 N–H and O–H groups in total. The number of benzene rings is 2. The van der Waals surface area contributed by atoms with Crippen LogP contribution in [0.3, 0.4) is 0 Å². The van der Waals surface area contributed by atoms with Gasteiger partial charge in [-0.25, -0.2) is 4.79 Å². The molecule has 0 atom stereocenters. The van der Waals surface area contributed by atoms with Crippen LogP contribution in [0.4, 0.5) is 5.69 Å². The number of tetrazole rings is 1. The Morgan fingerprint density at radius 3 is 2.67 bits per heavy atom. The zero-order valence-electron chi connectivity index (χ0n) is 15.9. The fraction of sp³-hybridized carbons (Fsp3) is 0.211. The Morgan fingerprint density at radius 2 is 1.90 bits per heavy atom. The van der Waals surface area contributed by atoms with Gasteiger partial charge in [0, 0.05) is 11.8 Å². The zero-order valence-corrected chi connectivity index (χ0v) is 16.7. The summed E-state index contributed by atoms with van der Waals surface area (Å²) in [6.45, 7) is 0.985. The summed E-state index contributed by atoms with van der Waals surface area (Å²) in [5.74, 6) is 0.725. The van der Waals surface area contributed by atoms with Crippen molar-refractivity contribution in [3.8, 4) is 17.2 Å². The maximum absolute atomic E-state index is 12.3. The molecule has 0 radical (unpaired) electrons. The lowest BCUT2D eigenvalue weighted by atomic mass is 10.2. The van der Waals surface area contributed by atoms with Gasteiger partial charge in [0.25, 0.3) is 0 Å². The molecule has 154 valence electrons. The number of ether oxygens (including phenoxy) is 3. The van der Waals surface area contributed by atoms with Gasteiger partial charge in [-0.3, -0.25) is 4.79 Å². The van der Waals surface area contributed by atoms with E-state index in [0.29, 0.717) is 46.8 Å². The molecule has 30 heavy (non-hydrogen) atoms. The number of fused-ring (bicyclic) bond motifs is 1. The summed E-state index contributed by atoms with van der Waals surface area (Å²) in [5, 5.41) is 14.8. The maximum Gasteiger partial charge on any atom is 0.337 e. The Morgan fingerprint density at radius 1 is 1.13 bits per heavy atom. The van der Waals surface area contributed by atoms with Crippen molar-refractivity contribution in [1.29, 1.82) is 0 Å². The van der Waals surface area contributed by atoms with Crippen LogP contribution in [0.2, 0.25) is 0 Å². The molecule has 0 saturated carbocycles. The van der Waals surface area contributed by atoms with E-state index in [-0.39, 0.29) is 11.7 Å². The summed E-state index contributed by atoms with van der Waals surface area (Å²) in [4.78, 5) is 23.9. The van der Waals surface area contributed by atoms with Crippen molar-refractivity contribution >= 4 is 29.3 Å². The highest BCUT2D eigenvalue weighted by atomic mass is 32.2. The lowest BCUT2D eigenvalue weighted by molar-refractivity contribution is -0.113. The minimum atomic E-state index is -0.427. The predicted octanol–water partition coefficient (Wildman–Crippen LogP) is 1.95. The van der Waals surface area contributed by atoms with Gasteiger partial charge in [0.05, 0.1) is 24.1 Å². The van der Waals surface area contributed by atoms with E-state index in [4.69, 9.17) is 9.47 Å². The molecule has 10 nitrogen and oxygen atoms in total. The van der Waals surface area contributed by atoms with E-state index in [0.717, 1.165) is 0 Å². The van der Waals surface area contributed by atoms with Gasteiger partial charge >= 0.3 is 5.97 Å². The van der Waals surface area contributed by atoms with Crippen molar-refractivity contribution in [2.45, 2.75) is 5.16 Å². The smallest absolute Gasteiger partial charge is 0.337 e. The summed E-state index contributed by atoms with van der Waals surface area (Å²) in [6.07, 6.45) is 0. The summed E-state index contributed by atoms with van der Waals surface area (Å²) in [6, 6.07) is 11.9. The number of aromatic nitrogens is 4. The van der Waals surface area contributed by atoms with E-state index in [2.05, 4.69) is 25.6 Å². The second-order valence-corrected chi connectivity index (χ2v) is 7.05. The molecule has 0 fully saturated rings. The highest BCUT2D eigenvalue weighted by Gasteiger charge is 2.15. The molecule has 3 aromatic rings. The molecule has 0 unspecified atom stereocenters. The van der Waals surface area contributed by atoms with Crippen LogP contribution in [-0.2, 0) is 9.53 Å². The first-order valence-corrected chi connectivity index (χ1v) is 9.92. The maximum atomic E-state index is 12.3. The van der Waals surface area contributed by atoms with E-state index in [1.165, 1.54) is 23.6 Å². The number of thioether (sulfide) groups is 1. The molecule has 1 aliphatic heterocycles. The second kappa shape index (κ2) is 8.82. The number of esters is 1. The first kappa shape index (κ1) is 19.7. The van der Waals surface area contributed by atoms with E-state index in [1.54, 1.807) is 42.5 Å². The van der Waals surface area contributed by atoms with E-state index in [1.807, 2.05) is 0 Å². The lowest BCUT2D eigenvalue weighted by Gasteiger charge is -2.18. The van der Waals surface area contributed by atoms with E-state index >= 15 is 0 Å². The van der Waals surface area contributed by atoms with Gasteiger partial charge in [0.15, 0.2) is 11.5 Å². The van der Waals surface area contributed by atoms with Crippen molar-refractivity contribution < 1.29 is 23.8 Å². The summed E-state index contributed by atoms with van der Waals surface area (Å²) < 4.78 is 17.2. The number of hydrogen-bond acceptors (Lipinski definition) is 9. The molecule has 4 rings (SSSR count). The molecule has 0 bridgehead atoms. The molecule has 2 heterocycles. The molecule has 0 saturated heterocycles. The van der Waals surface area contributed by atoms with Crippen molar-refractivity contribution in [3.05, 3.63) is 48.0 Å². The van der Waals surface area contributed by atoms with Gasteiger partial charge < -0.3 is 19.5 Å².